The first-order valence-electron chi connectivity index (χ1n) is 4.23. The van der Waals surface area contributed by atoms with Gasteiger partial charge in [-0.1, -0.05) is 33.4 Å². The molecule has 0 unspecified atom stereocenters. The van der Waals surface area contributed by atoms with Gasteiger partial charge in [0.15, 0.2) is 0 Å². The predicted molar refractivity (Wildman–Crippen MR) is 54.0 cm³/mol. The number of allylic oxidation sites excluding steroid dienone is 1. The topological polar surface area (TPSA) is 3.24 Å². The van der Waals surface area contributed by atoms with Gasteiger partial charge >= 0.3 is 0 Å². The molecule has 11 heavy (non-hydrogen) atoms. The van der Waals surface area contributed by atoms with E-state index in [0.717, 1.165) is 6.54 Å². The van der Waals surface area contributed by atoms with Crippen LogP contribution in [0.15, 0.2) is 12.2 Å². The molecule has 68 valence electrons. The molecule has 0 aromatic rings. The molecule has 1 nitrogen and oxygen atoms in total. The first-order chi connectivity index (χ1) is 4.89. The normalized spacial score (nSPS) is 17.4. The van der Waals surface area contributed by atoms with Gasteiger partial charge in [-0.25, -0.2) is 0 Å². The Morgan fingerprint density at radius 3 is 2.45 bits per heavy atom. The number of nitrogens with zero attached hydrogens (tertiary/aromatic N) is 1. The Balaban J connectivity index is 0. The molecule has 1 heterocycles. The summed E-state index contributed by atoms with van der Waals surface area (Å²) in [5, 5.41) is 0. The lowest BCUT2D eigenvalue weighted by atomic mass is 10.3. The van der Waals surface area contributed by atoms with Crippen molar-refractivity contribution in [1.29, 1.82) is 0 Å². The van der Waals surface area contributed by atoms with Gasteiger partial charge < -0.3 is 4.90 Å². The molecule has 0 spiro atoms. The average Bonchev–Trinajstić information content (AvgIpc) is 2.21. The molecular formula is C10H23N. The lowest BCUT2D eigenvalue weighted by Gasteiger charge is -2.09. The SMILES string of the molecule is C.CC.CN1CC=CCCC1. The molecule has 0 saturated carbocycles. The van der Waals surface area contributed by atoms with Crippen molar-refractivity contribution < 1.29 is 0 Å². The molecule has 0 aromatic carbocycles. The molecule has 0 atom stereocenters. The smallest absolute Gasteiger partial charge is 0.0160 e. The maximum absolute atomic E-state index is 2.34. The minimum atomic E-state index is 0. The largest absolute Gasteiger partial charge is 0.303 e. The highest BCUT2D eigenvalue weighted by Crippen LogP contribution is 1.98. The third kappa shape index (κ3) is 7.60. The van der Waals surface area contributed by atoms with E-state index in [9.17, 15) is 0 Å². The molecule has 0 aromatic heterocycles. The Morgan fingerprint density at radius 2 is 1.82 bits per heavy atom. The van der Waals surface area contributed by atoms with E-state index < -0.39 is 0 Å². The summed E-state index contributed by atoms with van der Waals surface area (Å²) in [6.45, 7) is 6.40. The molecule has 0 radical (unpaired) electrons. The minimum Gasteiger partial charge on any atom is -0.303 e. The van der Waals surface area contributed by atoms with Crippen LogP contribution in [0.1, 0.15) is 34.1 Å². The van der Waals surface area contributed by atoms with Crippen molar-refractivity contribution in [2.45, 2.75) is 34.1 Å². The van der Waals surface area contributed by atoms with Gasteiger partial charge in [0, 0.05) is 6.54 Å². The molecular weight excluding hydrogens is 134 g/mol. The summed E-state index contributed by atoms with van der Waals surface area (Å²) in [5.74, 6) is 0. The molecule has 0 amide bonds. The summed E-state index contributed by atoms with van der Waals surface area (Å²) >= 11 is 0. The summed E-state index contributed by atoms with van der Waals surface area (Å²) < 4.78 is 0. The van der Waals surface area contributed by atoms with Crippen molar-refractivity contribution in [3.63, 3.8) is 0 Å². The number of hydrogen-bond acceptors (Lipinski definition) is 1. The standard InChI is InChI=1S/C7H13N.C2H6.CH4/c1-8-6-4-2-3-5-7-8;1-2;/h2,4H,3,5-7H2,1H3;1-2H3;1H4. The van der Waals surface area contributed by atoms with E-state index >= 15 is 0 Å². The number of likely N-dealkylation sites (N-methyl/N-ethyl adjacent to an activating group) is 1. The fraction of sp³-hybridized carbons (Fsp3) is 0.800. The van der Waals surface area contributed by atoms with Crippen molar-refractivity contribution in [1.82, 2.24) is 4.90 Å². The Kier molecular flexibility index (Phi) is 11.7. The van der Waals surface area contributed by atoms with Gasteiger partial charge in [0.2, 0.25) is 0 Å². The van der Waals surface area contributed by atoms with Crippen LogP contribution in [0, 0.1) is 0 Å². The van der Waals surface area contributed by atoms with Crippen molar-refractivity contribution in [3.8, 4) is 0 Å². The molecule has 1 heteroatoms. The van der Waals surface area contributed by atoms with Gasteiger partial charge in [-0.3, -0.25) is 0 Å². The maximum atomic E-state index is 2.34. The van der Waals surface area contributed by atoms with E-state index in [1.807, 2.05) is 13.8 Å². The van der Waals surface area contributed by atoms with Gasteiger partial charge in [0.05, 0.1) is 0 Å². The molecule has 0 fully saturated rings. The lowest BCUT2D eigenvalue weighted by Crippen LogP contribution is -2.17. The number of hydrogen-bond donors (Lipinski definition) is 0. The van der Waals surface area contributed by atoms with Crippen LogP contribution in [0.25, 0.3) is 0 Å². The maximum Gasteiger partial charge on any atom is 0.0160 e. The van der Waals surface area contributed by atoms with Crippen LogP contribution in [-0.2, 0) is 0 Å². The summed E-state index contributed by atoms with van der Waals surface area (Å²) in [6.07, 6.45) is 7.10. The van der Waals surface area contributed by atoms with E-state index in [0.29, 0.717) is 0 Å². The molecule has 1 aliphatic heterocycles. The van der Waals surface area contributed by atoms with E-state index in [2.05, 4.69) is 24.1 Å². The quantitative estimate of drug-likeness (QED) is 0.489. The van der Waals surface area contributed by atoms with Crippen LogP contribution < -0.4 is 0 Å². The molecule has 1 rings (SSSR count). The number of rotatable bonds is 0. The summed E-state index contributed by atoms with van der Waals surface area (Å²) in [6, 6.07) is 0. The van der Waals surface area contributed by atoms with E-state index in [4.69, 9.17) is 0 Å². The fourth-order valence-corrected chi connectivity index (χ4v) is 0.943. The highest BCUT2D eigenvalue weighted by Gasteiger charge is 1.96. The second kappa shape index (κ2) is 9.70. The van der Waals surface area contributed by atoms with Crippen LogP contribution in [0.2, 0.25) is 0 Å². The molecule has 0 bridgehead atoms. The third-order valence-corrected chi connectivity index (χ3v) is 1.49. The van der Waals surface area contributed by atoms with E-state index in [1.165, 1.54) is 19.4 Å². The molecule has 1 aliphatic rings. The van der Waals surface area contributed by atoms with Crippen LogP contribution in [0.5, 0.6) is 0 Å². The first kappa shape index (κ1) is 13.3. The fourth-order valence-electron chi connectivity index (χ4n) is 0.943. The average molecular weight is 157 g/mol. The Labute approximate surface area is 72.1 Å². The highest BCUT2D eigenvalue weighted by atomic mass is 15.1. The second-order valence-electron chi connectivity index (χ2n) is 2.38. The zero-order valence-electron chi connectivity index (χ0n) is 7.43. The predicted octanol–water partition coefficient (Wildman–Crippen LogP) is 2.93. The highest BCUT2D eigenvalue weighted by molar-refractivity contribution is 4.87. The van der Waals surface area contributed by atoms with E-state index in [-0.39, 0.29) is 7.43 Å². The van der Waals surface area contributed by atoms with Gasteiger partial charge in [-0.05, 0) is 26.4 Å². The van der Waals surface area contributed by atoms with Crippen molar-refractivity contribution in [3.05, 3.63) is 12.2 Å². The zero-order valence-corrected chi connectivity index (χ0v) is 7.43. The zero-order chi connectivity index (χ0) is 7.82. The van der Waals surface area contributed by atoms with Crippen molar-refractivity contribution >= 4 is 0 Å². The first-order valence-corrected chi connectivity index (χ1v) is 4.23. The van der Waals surface area contributed by atoms with Crippen LogP contribution in [-0.4, -0.2) is 25.0 Å². The van der Waals surface area contributed by atoms with Crippen LogP contribution >= 0.6 is 0 Å². The monoisotopic (exact) mass is 157 g/mol. The Bertz CT molecular complexity index is 86.9. The minimum absolute atomic E-state index is 0. The summed E-state index contributed by atoms with van der Waals surface area (Å²) in [4.78, 5) is 2.34. The van der Waals surface area contributed by atoms with E-state index in [1.54, 1.807) is 0 Å². The van der Waals surface area contributed by atoms with Crippen molar-refractivity contribution in [2.24, 2.45) is 0 Å². The molecule has 0 aliphatic carbocycles. The summed E-state index contributed by atoms with van der Waals surface area (Å²) in [7, 11) is 2.16. The van der Waals surface area contributed by atoms with Gasteiger partial charge in [0.1, 0.15) is 0 Å². The van der Waals surface area contributed by atoms with Gasteiger partial charge in [-0.15, -0.1) is 0 Å². The van der Waals surface area contributed by atoms with Crippen LogP contribution in [0.3, 0.4) is 0 Å². The summed E-state index contributed by atoms with van der Waals surface area (Å²) in [5.41, 5.74) is 0. The van der Waals surface area contributed by atoms with Gasteiger partial charge in [-0.2, -0.15) is 0 Å². The molecule has 0 N–H and O–H groups in total. The van der Waals surface area contributed by atoms with Gasteiger partial charge in [0.25, 0.3) is 0 Å². The Hall–Kier alpha value is -0.300. The van der Waals surface area contributed by atoms with Crippen LogP contribution in [0.4, 0.5) is 0 Å². The van der Waals surface area contributed by atoms with Crippen molar-refractivity contribution in [2.75, 3.05) is 20.1 Å². The Morgan fingerprint density at radius 1 is 1.18 bits per heavy atom. The lowest BCUT2D eigenvalue weighted by molar-refractivity contribution is 0.372. The third-order valence-electron chi connectivity index (χ3n) is 1.49. The second-order valence-corrected chi connectivity index (χ2v) is 2.38. The molecule has 0 saturated heterocycles.